The van der Waals surface area contributed by atoms with Crippen molar-refractivity contribution in [3.05, 3.63) is 34.3 Å². The fourth-order valence-corrected chi connectivity index (χ4v) is 1.26. The van der Waals surface area contributed by atoms with Gasteiger partial charge in [0.25, 0.3) is 0 Å². The third kappa shape index (κ3) is 2.30. The van der Waals surface area contributed by atoms with E-state index in [0.717, 1.165) is 10.0 Å². The normalized spacial score (nSPS) is 12.9. The lowest BCUT2D eigenvalue weighted by Gasteiger charge is -2.11. The molecule has 1 N–H and O–H groups in total. The van der Waals surface area contributed by atoms with Crippen molar-refractivity contribution in [1.82, 2.24) is 0 Å². The first kappa shape index (κ1) is 9.71. The monoisotopic (exact) mass is 230 g/mol. The number of methoxy groups -OCH3 is 1. The predicted octanol–water partition coefficient (Wildman–Crippen LogP) is 2.13. The second kappa shape index (κ2) is 4.60. The van der Waals surface area contributed by atoms with Gasteiger partial charge >= 0.3 is 0 Å². The molecule has 0 heterocycles. The summed E-state index contributed by atoms with van der Waals surface area (Å²) in [6, 6.07) is 7.71. The molecule has 0 saturated carbocycles. The van der Waals surface area contributed by atoms with Gasteiger partial charge < -0.3 is 9.84 Å². The molecule has 0 amide bonds. The highest BCUT2D eigenvalue weighted by Gasteiger charge is 2.07. The molecule has 0 spiro atoms. The summed E-state index contributed by atoms with van der Waals surface area (Å²) in [4.78, 5) is 0. The average molecular weight is 231 g/mol. The van der Waals surface area contributed by atoms with Gasteiger partial charge in [-0.1, -0.05) is 28.1 Å². The standard InChI is InChI=1S/C9H11BrO2/c1-12-9(6-11)7-2-4-8(10)5-3-7/h2-5,9,11H,6H2,1H3. The molecule has 12 heavy (non-hydrogen) atoms. The van der Waals surface area contributed by atoms with Gasteiger partial charge in [0.15, 0.2) is 0 Å². The second-order valence-corrected chi connectivity index (χ2v) is 3.37. The summed E-state index contributed by atoms with van der Waals surface area (Å²) >= 11 is 3.34. The fraction of sp³-hybridized carbons (Fsp3) is 0.333. The van der Waals surface area contributed by atoms with E-state index in [-0.39, 0.29) is 12.7 Å². The first-order valence-electron chi connectivity index (χ1n) is 3.67. The van der Waals surface area contributed by atoms with Crippen molar-refractivity contribution in [2.45, 2.75) is 6.10 Å². The van der Waals surface area contributed by atoms with Crippen LogP contribution in [0.2, 0.25) is 0 Å². The molecule has 1 rings (SSSR count). The van der Waals surface area contributed by atoms with Gasteiger partial charge in [0.2, 0.25) is 0 Å². The van der Waals surface area contributed by atoms with E-state index in [9.17, 15) is 0 Å². The van der Waals surface area contributed by atoms with Crippen LogP contribution in [0.3, 0.4) is 0 Å². The fourth-order valence-electron chi connectivity index (χ4n) is 0.993. The second-order valence-electron chi connectivity index (χ2n) is 2.46. The molecular formula is C9H11BrO2. The van der Waals surface area contributed by atoms with Crippen molar-refractivity contribution in [2.24, 2.45) is 0 Å². The van der Waals surface area contributed by atoms with Crippen LogP contribution in [-0.2, 0) is 4.74 Å². The number of hydrogen-bond acceptors (Lipinski definition) is 2. The zero-order valence-electron chi connectivity index (χ0n) is 6.83. The summed E-state index contributed by atoms with van der Waals surface area (Å²) in [6.45, 7) is 0.0120. The van der Waals surface area contributed by atoms with Gasteiger partial charge in [0, 0.05) is 11.6 Å². The van der Waals surface area contributed by atoms with E-state index >= 15 is 0 Å². The van der Waals surface area contributed by atoms with Crippen LogP contribution in [0.1, 0.15) is 11.7 Å². The average Bonchev–Trinajstić information content (AvgIpc) is 2.10. The molecular weight excluding hydrogens is 220 g/mol. The Kier molecular flexibility index (Phi) is 3.72. The summed E-state index contributed by atoms with van der Waals surface area (Å²) < 4.78 is 6.09. The van der Waals surface area contributed by atoms with Crippen LogP contribution in [0.5, 0.6) is 0 Å². The molecule has 0 aliphatic carbocycles. The van der Waals surface area contributed by atoms with E-state index in [0.29, 0.717) is 0 Å². The molecule has 1 atom stereocenters. The van der Waals surface area contributed by atoms with Gasteiger partial charge in [-0.05, 0) is 17.7 Å². The highest BCUT2D eigenvalue weighted by Crippen LogP contribution is 2.18. The lowest BCUT2D eigenvalue weighted by Crippen LogP contribution is -2.05. The quantitative estimate of drug-likeness (QED) is 0.863. The minimum absolute atomic E-state index is 0.0120. The first-order chi connectivity index (χ1) is 5.77. The molecule has 0 radical (unpaired) electrons. The van der Waals surface area contributed by atoms with Crippen molar-refractivity contribution in [2.75, 3.05) is 13.7 Å². The summed E-state index contributed by atoms with van der Waals surface area (Å²) in [5.74, 6) is 0. The van der Waals surface area contributed by atoms with Crippen LogP contribution in [0.25, 0.3) is 0 Å². The van der Waals surface area contributed by atoms with Crippen molar-refractivity contribution in [3.8, 4) is 0 Å². The van der Waals surface area contributed by atoms with Crippen LogP contribution in [-0.4, -0.2) is 18.8 Å². The van der Waals surface area contributed by atoms with E-state index < -0.39 is 0 Å². The van der Waals surface area contributed by atoms with Gasteiger partial charge in [-0.15, -0.1) is 0 Å². The molecule has 0 aromatic heterocycles. The van der Waals surface area contributed by atoms with Gasteiger partial charge in [-0.2, -0.15) is 0 Å². The van der Waals surface area contributed by atoms with E-state index in [4.69, 9.17) is 9.84 Å². The molecule has 0 aliphatic rings. The molecule has 2 nitrogen and oxygen atoms in total. The lowest BCUT2D eigenvalue weighted by atomic mass is 10.1. The molecule has 3 heteroatoms. The summed E-state index contributed by atoms with van der Waals surface area (Å²) in [6.07, 6.45) is -0.210. The van der Waals surface area contributed by atoms with Crippen molar-refractivity contribution < 1.29 is 9.84 Å². The number of hydrogen-bond donors (Lipinski definition) is 1. The highest BCUT2D eigenvalue weighted by atomic mass is 79.9. The Labute approximate surface area is 80.3 Å². The number of halogens is 1. The number of aliphatic hydroxyl groups excluding tert-OH is 1. The zero-order chi connectivity index (χ0) is 8.97. The smallest absolute Gasteiger partial charge is 0.105 e. The number of ether oxygens (including phenoxy) is 1. The molecule has 1 unspecified atom stereocenters. The zero-order valence-corrected chi connectivity index (χ0v) is 8.41. The lowest BCUT2D eigenvalue weighted by molar-refractivity contribution is 0.0484. The Hall–Kier alpha value is -0.380. The Morgan fingerprint density at radius 1 is 1.42 bits per heavy atom. The highest BCUT2D eigenvalue weighted by molar-refractivity contribution is 9.10. The van der Waals surface area contributed by atoms with Crippen LogP contribution >= 0.6 is 15.9 Å². The van der Waals surface area contributed by atoms with Crippen molar-refractivity contribution in [3.63, 3.8) is 0 Å². The van der Waals surface area contributed by atoms with Crippen LogP contribution in [0.4, 0.5) is 0 Å². The maximum Gasteiger partial charge on any atom is 0.105 e. The minimum Gasteiger partial charge on any atom is -0.393 e. The molecule has 0 bridgehead atoms. The number of benzene rings is 1. The number of aliphatic hydroxyl groups is 1. The van der Waals surface area contributed by atoms with Crippen molar-refractivity contribution in [1.29, 1.82) is 0 Å². The van der Waals surface area contributed by atoms with Gasteiger partial charge in [-0.3, -0.25) is 0 Å². The van der Waals surface area contributed by atoms with E-state index in [1.165, 1.54) is 0 Å². The van der Waals surface area contributed by atoms with Crippen LogP contribution in [0.15, 0.2) is 28.7 Å². The number of rotatable bonds is 3. The van der Waals surface area contributed by atoms with Gasteiger partial charge in [0.1, 0.15) is 6.10 Å². The topological polar surface area (TPSA) is 29.5 Å². The van der Waals surface area contributed by atoms with Crippen LogP contribution < -0.4 is 0 Å². The minimum atomic E-state index is -0.210. The molecule has 66 valence electrons. The Morgan fingerprint density at radius 2 is 2.00 bits per heavy atom. The Bertz CT molecular complexity index is 229. The maximum atomic E-state index is 8.91. The van der Waals surface area contributed by atoms with E-state index in [2.05, 4.69) is 15.9 Å². The SMILES string of the molecule is COC(CO)c1ccc(Br)cc1. The van der Waals surface area contributed by atoms with Crippen molar-refractivity contribution >= 4 is 15.9 Å². The summed E-state index contributed by atoms with van der Waals surface area (Å²) in [5, 5.41) is 8.91. The van der Waals surface area contributed by atoms with Gasteiger partial charge in [-0.25, -0.2) is 0 Å². The largest absolute Gasteiger partial charge is 0.393 e. The van der Waals surface area contributed by atoms with E-state index in [1.807, 2.05) is 24.3 Å². The molecule has 0 fully saturated rings. The maximum absolute atomic E-state index is 8.91. The molecule has 0 aliphatic heterocycles. The third-order valence-electron chi connectivity index (χ3n) is 1.69. The van der Waals surface area contributed by atoms with Crippen LogP contribution in [0, 0.1) is 0 Å². The van der Waals surface area contributed by atoms with E-state index in [1.54, 1.807) is 7.11 Å². The Balaban J connectivity index is 2.80. The summed E-state index contributed by atoms with van der Waals surface area (Å²) in [7, 11) is 1.59. The Morgan fingerprint density at radius 3 is 2.42 bits per heavy atom. The third-order valence-corrected chi connectivity index (χ3v) is 2.22. The first-order valence-corrected chi connectivity index (χ1v) is 4.46. The molecule has 1 aromatic carbocycles. The molecule has 1 aromatic rings. The molecule has 0 saturated heterocycles. The van der Waals surface area contributed by atoms with Gasteiger partial charge in [0.05, 0.1) is 6.61 Å². The summed E-state index contributed by atoms with van der Waals surface area (Å²) in [5.41, 5.74) is 0.989. The predicted molar refractivity (Wildman–Crippen MR) is 51.0 cm³/mol.